The van der Waals surface area contributed by atoms with Gasteiger partial charge in [-0.05, 0) is 12.3 Å². The van der Waals surface area contributed by atoms with Crippen LogP contribution in [0.3, 0.4) is 0 Å². The van der Waals surface area contributed by atoms with Gasteiger partial charge in [0.25, 0.3) is 0 Å². The third-order valence-corrected chi connectivity index (χ3v) is 3.55. The number of amides is 3. The molecule has 0 aromatic heterocycles. The van der Waals surface area contributed by atoms with Crippen LogP contribution in [0.5, 0.6) is 0 Å². The highest BCUT2D eigenvalue weighted by atomic mass is 16.4. The van der Waals surface area contributed by atoms with Gasteiger partial charge in [-0.1, -0.05) is 13.8 Å². The summed E-state index contributed by atoms with van der Waals surface area (Å²) >= 11 is 0. The lowest BCUT2D eigenvalue weighted by Crippen LogP contribution is -2.57. The predicted octanol–water partition coefficient (Wildman–Crippen LogP) is -2.52. The highest BCUT2D eigenvalue weighted by Crippen LogP contribution is 2.07. The summed E-state index contributed by atoms with van der Waals surface area (Å²) in [4.78, 5) is 69.1. The molecule has 0 fully saturated rings. The van der Waals surface area contributed by atoms with E-state index in [1.165, 1.54) is 0 Å². The second kappa shape index (κ2) is 12.3. The number of nitrogens with one attached hydrogen (secondary N) is 3. The molecule has 0 saturated heterocycles. The standard InChI is InChI=1S/C16H26N4O9/c1-7(2)3-8(14(26)20-10(16(28)29)5-13(24)25)19-15(27)9(4-12(22)23)18-11(21)6-17/h7-10H,3-6,17H2,1-2H3,(H,18,21)(H,19,27)(H,20,26)(H,22,23)(H,24,25)(H,28,29). The average Bonchev–Trinajstić information content (AvgIpc) is 2.58. The van der Waals surface area contributed by atoms with Gasteiger partial charge in [-0.15, -0.1) is 0 Å². The lowest BCUT2D eigenvalue weighted by Gasteiger charge is -2.24. The van der Waals surface area contributed by atoms with Gasteiger partial charge in [0.1, 0.15) is 18.1 Å². The van der Waals surface area contributed by atoms with Crippen LogP contribution in [0.15, 0.2) is 0 Å². The molecule has 3 amide bonds. The van der Waals surface area contributed by atoms with E-state index in [1.807, 2.05) is 5.32 Å². The topological polar surface area (TPSA) is 225 Å². The van der Waals surface area contributed by atoms with E-state index in [4.69, 9.17) is 21.1 Å². The van der Waals surface area contributed by atoms with E-state index in [1.54, 1.807) is 13.8 Å². The molecule has 3 unspecified atom stereocenters. The Morgan fingerprint density at radius 2 is 1.21 bits per heavy atom. The molecule has 3 atom stereocenters. The molecule has 164 valence electrons. The minimum Gasteiger partial charge on any atom is -0.481 e. The Morgan fingerprint density at radius 1 is 0.759 bits per heavy atom. The number of aliphatic carboxylic acids is 3. The largest absolute Gasteiger partial charge is 0.481 e. The Bertz CT molecular complexity index is 650. The molecule has 0 aliphatic rings. The molecule has 0 aromatic rings. The molecule has 0 rings (SSSR count). The number of nitrogens with two attached hydrogens (primary N) is 1. The van der Waals surface area contributed by atoms with E-state index >= 15 is 0 Å². The van der Waals surface area contributed by atoms with E-state index in [0.717, 1.165) is 0 Å². The third kappa shape index (κ3) is 10.6. The molecule has 8 N–H and O–H groups in total. The van der Waals surface area contributed by atoms with Crippen LogP contribution < -0.4 is 21.7 Å². The zero-order chi connectivity index (χ0) is 22.7. The van der Waals surface area contributed by atoms with E-state index in [9.17, 15) is 28.8 Å². The zero-order valence-corrected chi connectivity index (χ0v) is 16.0. The molecule has 0 heterocycles. The number of carboxylic acids is 3. The Balaban J connectivity index is 5.41. The number of hydrogen-bond donors (Lipinski definition) is 7. The minimum atomic E-state index is -1.72. The summed E-state index contributed by atoms with van der Waals surface area (Å²) in [5, 5.41) is 33.1. The molecule has 0 aliphatic heterocycles. The van der Waals surface area contributed by atoms with Gasteiger partial charge in [0.15, 0.2) is 0 Å². The highest BCUT2D eigenvalue weighted by Gasteiger charge is 2.31. The van der Waals surface area contributed by atoms with Crippen LogP contribution in [0.2, 0.25) is 0 Å². The van der Waals surface area contributed by atoms with Crippen molar-refractivity contribution in [3.63, 3.8) is 0 Å². The van der Waals surface area contributed by atoms with Gasteiger partial charge in [-0.2, -0.15) is 0 Å². The van der Waals surface area contributed by atoms with Crippen molar-refractivity contribution in [2.45, 2.75) is 51.2 Å². The summed E-state index contributed by atoms with van der Waals surface area (Å²) < 4.78 is 0. The maximum atomic E-state index is 12.4. The summed E-state index contributed by atoms with van der Waals surface area (Å²) in [6.45, 7) is 2.93. The number of rotatable bonds is 13. The molecule has 13 nitrogen and oxygen atoms in total. The first-order valence-corrected chi connectivity index (χ1v) is 8.63. The summed E-state index contributed by atoms with van der Waals surface area (Å²) in [5.41, 5.74) is 5.13. The number of hydrogen-bond acceptors (Lipinski definition) is 7. The molecule has 0 aliphatic carbocycles. The fraction of sp³-hybridized carbons (Fsp3) is 0.625. The summed E-state index contributed by atoms with van der Waals surface area (Å²) in [7, 11) is 0. The lowest BCUT2D eigenvalue weighted by molar-refractivity contribution is -0.147. The van der Waals surface area contributed by atoms with Gasteiger partial charge in [0, 0.05) is 0 Å². The van der Waals surface area contributed by atoms with Crippen molar-refractivity contribution in [3.05, 3.63) is 0 Å². The van der Waals surface area contributed by atoms with E-state index in [2.05, 4.69) is 10.6 Å². The van der Waals surface area contributed by atoms with Crippen molar-refractivity contribution in [2.75, 3.05) is 6.54 Å². The van der Waals surface area contributed by atoms with E-state index in [-0.39, 0.29) is 12.3 Å². The normalized spacial score (nSPS) is 13.7. The van der Waals surface area contributed by atoms with Crippen LogP contribution in [0.1, 0.15) is 33.1 Å². The number of carbonyl (C=O) groups is 6. The first-order chi connectivity index (χ1) is 13.4. The number of carbonyl (C=O) groups excluding carboxylic acids is 3. The van der Waals surface area contributed by atoms with Crippen LogP contribution in [0.4, 0.5) is 0 Å². The van der Waals surface area contributed by atoms with E-state index < -0.39 is 73.1 Å². The van der Waals surface area contributed by atoms with Gasteiger partial charge in [-0.25, -0.2) is 4.79 Å². The van der Waals surface area contributed by atoms with Crippen molar-refractivity contribution in [1.29, 1.82) is 0 Å². The minimum absolute atomic E-state index is 0.0433. The molecule has 0 bridgehead atoms. The second-order valence-corrected chi connectivity index (χ2v) is 6.61. The second-order valence-electron chi connectivity index (χ2n) is 6.61. The van der Waals surface area contributed by atoms with Crippen LogP contribution in [-0.4, -0.2) is 75.6 Å². The van der Waals surface area contributed by atoms with Crippen LogP contribution >= 0.6 is 0 Å². The quantitative estimate of drug-likeness (QED) is 0.166. The Morgan fingerprint density at radius 3 is 1.62 bits per heavy atom. The summed E-state index contributed by atoms with van der Waals surface area (Å²) in [6, 6.07) is -4.53. The maximum Gasteiger partial charge on any atom is 0.326 e. The first-order valence-electron chi connectivity index (χ1n) is 8.63. The molecule has 29 heavy (non-hydrogen) atoms. The third-order valence-electron chi connectivity index (χ3n) is 3.55. The smallest absolute Gasteiger partial charge is 0.326 e. The summed E-state index contributed by atoms with van der Waals surface area (Å²) in [5.74, 6) is -7.30. The maximum absolute atomic E-state index is 12.4. The Hall–Kier alpha value is -3.22. The molecule has 0 spiro atoms. The van der Waals surface area contributed by atoms with Crippen LogP contribution in [0.25, 0.3) is 0 Å². The highest BCUT2D eigenvalue weighted by molar-refractivity contribution is 5.95. The van der Waals surface area contributed by atoms with Crippen molar-refractivity contribution < 1.29 is 44.1 Å². The molecule has 0 radical (unpaired) electrons. The molecule has 0 aromatic carbocycles. The monoisotopic (exact) mass is 418 g/mol. The van der Waals surface area contributed by atoms with Crippen molar-refractivity contribution in [3.8, 4) is 0 Å². The average molecular weight is 418 g/mol. The first kappa shape index (κ1) is 25.8. The van der Waals surface area contributed by atoms with Crippen molar-refractivity contribution in [1.82, 2.24) is 16.0 Å². The van der Waals surface area contributed by atoms with Gasteiger partial charge < -0.3 is 37.0 Å². The van der Waals surface area contributed by atoms with Gasteiger partial charge in [0.2, 0.25) is 17.7 Å². The van der Waals surface area contributed by atoms with Crippen LogP contribution in [-0.2, 0) is 28.8 Å². The lowest BCUT2D eigenvalue weighted by atomic mass is 10.0. The molecular formula is C16H26N4O9. The van der Waals surface area contributed by atoms with Crippen molar-refractivity contribution in [2.24, 2.45) is 11.7 Å². The van der Waals surface area contributed by atoms with Crippen LogP contribution in [0, 0.1) is 5.92 Å². The SMILES string of the molecule is CC(C)CC(NC(=O)C(CC(=O)O)NC(=O)CN)C(=O)NC(CC(=O)O)C(=O)O. The fourth-order valence-electron chi connectivity index (χ4n) is 2.26. The van der Waals surface area contributed by atoms with Gasteiger partial charge in [-0.3, -0.25) is 24.0 Å². The van der Waals surface area contributed by atoms with E-state index in [0.29, 0.717) is 0 Å². The Kier molecular flexibility index (Phi) is 10.9. The predicted molar refractivity (Wildman–Crippen MR) is 96.4 cm³/mol. The fourth-order valence-corrected chi connectivity index (χ4v) is 2.26. The van der Waals surface area contributed by atoms with Crippen molar-refractivity contribution >= 4 is 35.6 Å². The summed E-state index contributed by atoms with van der Waals surface area (Å²) in [6.07, 6.45) is -1.61. The Labute approximate surface area is 166 Å². The number of carboxylic acid groups (broad SMARTS) is 3. The molecular weight excluding hydrogens is 392 g/mol. The molecule has 0 saturated carbocycles. The van der Waals surface area contributed by atoms with Gasteiger partial charge in [0.05, 0.1) is 19.4 Å². The molecule has 13 heteroatoms. The zero-order valence-electron chi connectivity index (χ0n) is 16.0. The van der Waals surface area contributed by atoms with Gasteiger partial charge >= 0.3 is 17.9 Å².